The number of aromatic nitrogens is 1. The number of anilines is 2. The van der Waals surface area contributed by atoms with Crippen LogP contribution < -0.4 is 15.5 Å². The number of nitrogens with one attached hydrogen (secondary N) is 2. The molecule has 3 fully saturated rings. The van der Waals surface area contributed by atoms with Crippen molar-refractivity contribution in [2.45, 2.75) is 43.3 Å². The molecule has 1 saturated carbocycles. The summed E-state index contributed by atoms with van der Waals surface area (Å²) in [6.45, 7) is 5.05. The Bertz CT molecular complexity index is 1110. The molecule has 2 N–H and O–H groups in total. The maximum atomic E-state index is 13.2. The van der Waals surface area contributed by atoms with Crippen molar-refractivity contribution in [1.82, 2.24) is 15.2 Å². The lowest BCUT2D eigenvalue weighted by Gasteiger charge is -2.33. The molecule has 2 saturated heterocycles. The van der Waals surface area contributed by atoms with E-state index in [1.165, 1.54) is 5.56 Å². The molecule has 1 aliphatic carbocycles. The molecule has 2 aromatic rings. The quantitative estimate of drug-likeness (QED) is 0.609. The molecule has 2 aliphatic heterocycles. The van der Waals surface area contributed by atoms with Crippen molar-refractivity contribution in [3.63, 3.8) is 0 Å². The number of ether oxygens (including phenoxy) is 1. The van der Waals surface area contributed by atoms with Gasteiger partial charge in [0.2, 0.25) is 5.91 Å². The van der Waals surface area contributed by atoms with Crippen LogP contribution in [0.25, 0.3) is 0 Å². The molecule has 1 atom stereocenters. The molecule has 8 nitrogen and oxygen atoms in total. The van der Waals surface area contributed by atoms with Crippen molar-refractivity contribution in [2.24, 2.45) is 0 Å². The van der Waals surface area contributed by atoms with Gasteiger partial charge in [-0.1, -0.05) is 12.1 Å². The van der Waals surface area contributed by atoms with Gasteiger partial charge in [0, 0.05) is 37.3 Å². The van der Waals surface area contributed by atoms with E-state index in [-0.39, 0.29) is 17.0 Å². The normalized spacial score (nSPS) is 22.0. The minimum atomic E-state index is -4.56. The van der Waals surface area contributed by atoms with E-state index in [1.807, 2.05) is 12.1 Å². The first-order chi connectivity index (χ1) is 17.7. The van der Waals surface area contributed by atoms with Crippen molar-refractivity contribution in [3.8, 4) is 0 Å². The van der Waals surface area contributed by atoms with Gasteiger partial charge in [-0.3, -0.25) is 9.69 Å². The van der Waals surface area contributed by atoms with Gasteiger partial charge in [0.05, 0.1) is 25.1 Å². The Labute approximate surface area is 213 Å². The van der Waals surface area contributed by atoms with Crippen LogP contribution in [0.15, 0.2) is 42.6 Å². The summed E-state index contributed by atoms with van der Waals surface area (Å²) >= 11 is 0. The van der Waals surface area contributed by atoms with Crippen LogP contribution in [-0.2, 0) is 21.1 Å². The number of alkyl halides is 3. The van der Waals surface area contributed by atoms with Crippen LogP contribution in [0.5, 0.6) is 0 Å². The Balaban J connectivity index is 1.18. The van der Waals surface area contributed by atoms with Gasteiger partial charge in [-0.05, 0) is 55.5 Å². The Hall–Kier alpha value is -3.18. The zero-order chi connectivity index (χ0) is 26.0. The highest BCUT2D eigenvalue weighted by molar-refractivity contribution is 6.01. The third-order valence-corrected chi connectivity index (χ3v) is 7.33. The predicted molar refractivity (Wildman–Crippen MR) is 131 cm³/mol. The molecule has 0 spiro atoms. The summed E-state index contributed by atoms with van der Waals surface area (Å²) in [6.07, 6.45) is -0.122. The Morgan fingerprint density at radius 2 is 1.81 bits per heavy atom. The third kappa shape index (κ3) is 5.88. The summed E-state index contributed by atoms with van der Waals surface area (Å²) in [7, 11) is 0. The third-order valence-electron chi connectivity index (χ3n) is 7.33. The fraction of sp³-hybridized carbons (Fsp3) is 0.500. The fourth-order valence-electron chi connectivity index (χ4n) is 5.10. The second-order valence-electron chi connectivity index (χ2n) is 9.93. The van der Waals surface area contributed by atoms with Gasteiger partial charge < -0.3 is 20.3 Å². The largest absolute Gasteiger partial charge is 0.433 e. The van der Waals surface area contributed by atoms with Gasteiger partial charge in [-0.2, -0.15) is 13.2 Å². The molecule has 3 heterocycles. The van der Waals surface area contributed by atoms with E-state index < -0.39 is 23.9 Å². The highest BCUT2D eigenvalue weighted by atomic mass is 19.4. The van der Waals surface area contributed by atoms with Crippen LogP contribution in [0, 0.1) is 0 Å². The van der Waals surface area contributed by atoms with Gasteiger partial charge in [0.25, 0.3) is 0 Å². The second-order valence-corrected chi connectivity index (χ2v) is 9.93. The SMILES string of the molecule is O=C(Nc1ccc(C(F)(F)F)nc1)N[C@@H]1CCCN(c2ccc(C3(CN4CCOCC4)CC3)cc2)C1=O. The molecule has 37 heavy (non-hydrogen) atoms. The molecule has 3 aliphatic rings. The molecule has 5 rings (SSSR count). The van der Waals surface area contributed by atoms with Crippen LogP contribution >= 0.6 is 0 Å². The lowest BCUT2D eigenvalue weighted by atomic mass is 9.94. The molecule has 198 valence electrons. The summed E-state index contributed by atoms with van der Waals surface area (Å²) < 4.78 is 43.5. The summed E-state index contributed by atoms with van der Waals surface area (Å²) in [5.74, 6) is -0.214. The van der Waals surface area contributed by atoms with Gasteiger partial charge >= 0.3 is 12.2 Å². The molecule has 0 radical (unpaired) electrons. The first-order valence-electron chi connectivity index (χ1n) is 12.6. The number of urea groups is 1. The number of hydrogen-bond acceptors (Lipinski definition) is 5. The van der Waals surface area contributed by atoms with E-state index in [9.17, 15) is 22.8 Å². The average molecular weight is 518 g/mol. The van der Waals surface area contributed by atoms with Crippen LogP contribution in [0.2, 0.25) is 0 Å². The number of halogens is 3. The van der Waals surface area contributed by atoms with Crippen LogP contribution in [0.4, 0.5) is 29.3 Å². The topological polar surface area (TPSA) is 86.8 Å². The summed E-state index contributed by atoms with van der Waals surface area (Å²) in [6, 6.07) is 8.68. The van der Waals surface area contributed by atoms with Crippen molar-refractivity contribution in [1.29, 1.82) is 0 Å². The monoisotopic (exact) mass is 517 g/mol. The molecule has 0 unspecified atom stereocenters. The van der Waals surface area contributed by atoms with E-state index >= 15 is 0 Å². The standard InChI is InChI=1S/C26H30F3N5O3/c27-26(28,29)22-8-5-19(16-30-22)31-24(36)32-21-2-1-11-34(23(21)35)20-6-3-18(4-7-20)25(9-10-25)17-33-12-14-37-15-13-33/h3-8,16,21H,1-2,9-15,17H2,(H2,31,32,36)/t21-/m1/s1. The Kier molecular flexibility index (Phi) is 7.09. The number of benzene rings is 1. The maximum Gasteiger partial charge on any atom is 0.433 e. The molecule has 3 amide bonds. The van der Waals surface area contributed by atoms with Crippen LogP contribution in [0.1, 0.15) is 36.9 Å². The smallest absolute Gasteiger partial charge is 0.379 e. The van der Waals surface area contributed by atoms with Crippen LogP contribution in [-0.4, -0.2) is 67.3 Å². The van der Waals surface area contributed by atoms with Gasteiger partial charge in [-0.25, -0.2) is 9.78 Å². The minimum Gasteiger partial charge on any atom is -0.379 e. The minimum absolute atomic E-state index is 0.104. The first-order valence-corrected chi connectivity index (χ1v) is 12.6. The summed E-state index contributed by atoms with van der Waals surface area (Å²) in [5, 5.41) is 5.09. The van der Waals surface area contributed by atoms with Crippen molar-refractivity contribution in [3.05, 3.63) is 53.9 Å². The molecular formula is C26H30F3N5O3. The highest BCUT2D eigenvalue weighted by Crippen LogP contribution is 2.49. The lowest BCUT2D eigenvalue weighted by Crippen LogP contribution is -2.53. The summed E-state index contributed by atoms with van der Waals surface area (Å²) in [4.78, 5) is 33.0. The van der Waals surface area contributed by atoms with E-state index in [4.69, 9.17) is 4.74 Å². The first kappa shape index (κ1) is 25.5. The number of piperidine rings is 1. The molecule has 0 bridgehead atoms. The average Bonchev–Trinajstić information content (AvgIpc) is 3.66. The number of carbonyl (C=O) groups is 2. The van der Waals surface area contributed by atoms with Gasteiger partial charge in [-0.15, -0.1) is 0 Å². The molecule has 1 aromatic carbocycles. The lowest BCUT2D eigenvalue weighted by molar-refractivity contribution is -0.141. The van der Waals surface area contributed by atoms with Crippen molar-refractivity contribution < 1.29 is 27.5 Å². The summed E-state index contributed by atoms with van der Waals surface area (Å²) in [5.41, 5.74) is 1.31. The predicted octanol–water partition coefficient (Wildman–Crippen LogP) is 3.78. The van der Waals surface area contributed by atoms with Crippen molar-refractivity contribution >= 4 is 23.3 Å². The second kappa shape index (κ2) is 10.3. The van der Waals surface area contributed by atoms with E-state index in [1.54, 1.807) is 4.90 Å². The molecule has 11 heteroatoms. The van der Waals surface area contributed by atoms with E-state index in [0.717, 1.165) is 69.7 Å². The van der Waals surface area contributed by atoms with Gasteiger partial charge in [0.1, 0.15) is 11.7 Å². The van der Waals surface area contributed by atoms with E-state index in [2.05, 4.69) is 32.7 Å². The zero-order valence-electron chi connectivity index (χ0n) is 20.4. The Morgan fingerprint density at radius 1 is 1.08 bits per heavy atom. The van der Waals surface area contributed by atoms with E-state index in [0.29, 0.717) is 19.4 Å². The fourth-order valence-corrected chi connectivity index (χ4v) is 5.10. The van der Waals surface area contributed by atoms with Crippen molar-refractivity contribution in [2.75, 3.05) is 49.6 Å². The maximum absolute atomic E-state index is 13.2. The number of hydrogen-bond donors (Lipinski definition) is 2. The number of amides is 3. The Morgan fingerprint density at radius 3 is 2.43 bits per heavy atom. The number of nitrogens with zero attached hydrogens (tertiary/aromatic N) is 3. The van der Waals surface area contributed by atoms with Crippen LogP contribution in [0.3, 0.4) is 0 Å². The molecule has 1 aromatic heterocycles. The number of pyridine rings is 1. The molecular weight excluding hydrogens is 487 g/mol. The number of rotatable bonds is 6. The highest BCUT2D eigenvalue weighted by Gasteiger charge is 2.45. The zero-order valence-corrected chi connectivity index (χ0v) is 20.4. The number of morpholine rings is 1. The van der Waals surface area contributed by atoms with Gasteiger partial charge in [0.15, 0.2) is 0 Å². The number of carbonyl (C=O) groups excluding carboxylic acids is 2.